The minimum absolute atomic E-state index is 0.0286. The van der Waals surface area contributed by atoms with E-state index in [2.05, 4.69) is 4.98 Å². The maximum Gasteiger partial charge on any atom is 0.313 e. The van der Waals surface area contributed by atoms with Gasteiger partial charge in [-0.15, -0.1) is 0 Å². The van der Waals surface area contributed by atoms with Gasteiger partial charge in [-0.2, -0.15) is 0 Å². The Morgan fingerprint density at radius 2 is 2.24 bits per heavy atom. The smallest absolute Gasteiger partial charge is 0.313 e. The molecule has 0 saturated carbocycles. The van der Waals surface area contributed by atoms with E-state index >= 15 is 0 Å². The molecule has 0 aliphatic rings. The molecule has 0 bridgehead atoms. The minimum atomic E-state index is -0.869. The normalized spacial score (nSPS) is 12.7. The zero-order chi connectivity index (χ0) is 15.4. The summed E-state index contributed by atoms with van der Waals surface area (Å²) >= 11 is 1.20. The van der Waals surface area contributed by atoms with Gasteiger partial charge in [0, 0.05) is 28.9 Å². The van der Waals surface area contributed by atoms with E-state index in [0.29, 0.717) is 23.2 Å². The quantitative estimate of drug-likeness (QED) is 0.790. The van der Waals surface area contributed by atoms with E-state index in [-0.39, 0.29) is 5.75 Å². The van der Waals surface area contributed by atoms with Crippen LogP contribution in [0.4, 0.5) is 0 Å². The summed E-state index contributed by atoms with van der Waals surface area (Å²) in [6, 6.07) is 5.97. The molecule has 1 unspecified atom stereocenters. The topological polar surface area (TPSA) is 72.2 Å². The Kier molecular flexibility index (Phi) is 5.41. The Morgan fingerprint density at radius 1 is 1.48 bits per heavy atom. The molecule has 5 nitrogen and oxygen atoms in total. The molecular weight excluding hydrogens is 308 g/mol. The van der Waals surface area contributed by atoms with Gasteiger partial charge in [0.2, 0.25) is 0 Å². The summed E-state index contributed by atoms with van der Waals surface area (Å²) in [4.78, 5) is 15.3. The lowest BCUT2D eigenvalue weighted by Crippen LogP contribution is -2.10. The van der Waals surface area contributed by atoms with E-state index < -0.39 is 16.8 Å². The summed E-state index contributed by atoms with van der Waals surface area (Å²) in [6.45, 7) is 4.47. The molecule has 0 aliphatic carbocycles. The number of imidazole rings is 1. The lowest BCUT2D eigenvalue weighted by Gasteiger charge is -2.07. The van der Waals surface area contributed by atoms with Gasteiger partial charge in [0.25, 0.3) is 0 Å². The number of aryl methyl sites for hydroxylation is 2. The monoisotopic (exact) mass is 326 g/mol. The van der Waals surface area contributed by atoms with E-state index in [4.69, 9.17) is 5.11 Å². The average Bonchev–Trinajstić information content (AvgIpc) is 2.79. The molecule has 0 saturated heterocycles. The molecule has 2 aromatic rings. The van der Waals surface area contributed by atoms with Crippen LogP contribution in [-0.4, -0.2) is 42.1 Å². The molecule has 1 heterocycles. The summed E-state index contributed by atoms with van der Waals surface area (Å²) in [5.74, 6) is 0.283. The highest BCUT2D eigenvalue weighted by atomic mass is 32.2. The molecule has 0 aliphatic heterocycles. The molecule has 114 valence electrons. The summed E-state index contributed by atoms with van der Waals surface area (Å²) < 4.78 is 13.6. The number of rotatable bonds is 7. The molecule has 0 spiro atoms. The van der Waals surface area contributed by atoms with Crippen molar-refractivity contribution in [2.45, 2.75) is 25.5 Å². The van der Waals surface area contributed by atoms with E-state index in [0.717, 1.165) is 16.6 Å². The molecule has 21 heavy (non-hydrogen) atoms. The van der Waals surface area contributed by atoms with Crippen molar-refractivity contribution < 1.29 is 14.1 Å². The number of hydrogen-bond acceptors (Lipinski definition) is 4. The maximum atomic E-state index is 11.7. The van der Waals surface area contributed by atoms with Crippen molar-refractivity contribution in [3.8, 4) is 0 Å². The summed E-state index contributed by atoms with van der Waals surface area (Å²) in [5, 5.41) is 9.51. The Labute approximate surface area is 130 Å². The molecule has 0 radical (unpaired) electrons. The fourth-order valence-electron chi connectivity index (χ4n) is 2.01. The molecule has 0 fully saturated rings. The Hall–Kier alpha value is -1.34. The Bertz CT molecular complexity index is 682. The minimum Gasteiger partial charge on any atom is -0.481 e. The van der Waals surface area contributed by atoms with Gasteiger partial charge in [-0.05, 0) is 24.6 Å². The van der Waals surface area contributed by atoms with E-state index in [9.17, 15) is 9.00 Å². The second kappa shape index (κ2) is 7.09. The van der Waals surface area contributed by atoms with Crippen molar-refractivity contribution in [1.82, 2.24) is 9.55 Å². The summed E-state index contributed by atoms with van der Waals surface area (Å²) in [6.07, 6.45) is 0. The van der Waals surface area contributed by atoms with Crippen molar-refractivity contribution in [3.05, 3.63) is 23.8 Å². The number of aromatic nitrogens is 2. The van der Waals surface area contributed by atoms with Crippen molar-refractivity contribution in [3.63, 3.8) is 0 Å². The van der Waals surface area contributed by atoms with Crippen LogP contribution in [-0.2, 0) is 22.1 Å². The zero-order valence-electron chi connectivity index (χ0n) is 12.0. The summed E-state index contributed by atoms with van der Waals surface area (Å²) in [7, 11) is -0.854. The first-order valence-electron chi connectivity index (χ1n) is 6.67. The second-order valence-corrected chi connectivity index (χ2v) is 7.46. The SMILES string of the molecule is CCS(=O)CCn1c(SCC(=O)O)nc2cc(C)ccc21. The molecule has 1 N–H and O–H groups in total. The zero-order valence-corrected chi connectivity index (χ0v) is 13.7. The number of carbonyl (C=O) groups is 1. The summed E-state index contributed by atoms with van der Waals surface area (Å²) in [5.41, 5.74) is 2.92. The third-order valence-electron chi connectivity index (χ3n) is 3.06. The fraction of sp³-hybridized carbons (Fsp3) is 0.429. The number of nitrogens with zero attached hydrogens (tertiary/aromatic N) is 2. The number of hydrogen-bond donors (Lipinski definition) is 1. The van der Waals surface area contributed by atoms with Gasteiger partial charge in [-0.1, -0.05) is 24.8 Å². The standard InChI is InChI=1S/C14H18N2O3S2/c1-3-21(19)7-6-16-12-5-4-10(2)8-11(12)15-14(16)20-9-13(17)18/h4-5,8H,3,6-7,9H2,1-2H3,(H,17,18). The van der Waals surface area contributed by atoms with Gasteiger partial charge in [0.1, 0.15) is 0 Å². The molecule has 1 aromatic heterocycles. The van der Waals surface area contributed by atoms with Crippen LogP contribution in [0.5, 0.6) is 0 Å². The Balaban J connectivity index is 2.34. The first kappa shape index (κ1) is 16.0. The molecular formula is C14H18N2O3S2. The highest BCUT2D eigenvalue weighted by molar-refractivity contribution is 7.99. The molecule has 1 atom stereocenters. The van der Waals surface area contributed by atoms with E-state index in [1.54, 1.807) is 0 Å². The number of thioether (sulfide) groups is 1. The van der Waals surface area contributed by atoms with Crippen LogP contribution < -0.4 is 0 Å². The van der Waals surface area contributed by atoms with Crippen LogP contribution in [0.1, 0.15) is 12.5 Å². The third kappa shape index (κ3) is 4.07. The first-order chi connectivity index (χ1) is 10.0. The van der Waals surface area contributed by atoms with Crippen molar-refractivity contribution in [1.29, 1.82) is 0 Å². The van der Waals surface area contributed by atoms with Crippen LogP contribution >= 0.6 is 11.8 Å². The van der Waals surface area contributed by atoms with Crippen LogP contribution in [0.15, 0.2) is 23.4 Å². The molecule has 0 amide bonds. The van der Waals surface area contributed by atoms with Gasteiger partial charge in [-0.3, -0.25) is 9.00 Å². The van der Waals surface area contributed by atoms with Gasteiger partial charge in [-0.25, -0.2) is 4.98 Å². The lowest BCUT2D eigenvalue weighted by atomic mass is 10.2. The van der Waals surface area contributed by atoms with Crippen molar-refractivity contribution >= 4 is 39.6 Å². The Morgan fingerprint density at radius 3 is 2.90 bits per heavy atom. The average molecular weight is 326 g/mol. The number of carboxylic acids is 1. The van der Waals surface area contributed by atoms with Gasteiger partial charge in [0.05, 0.1) is 16.8 Å². The third-order valence-corrected chi connectivity index (χ3v) is 5.30. The molecule has 7 heteroatoms. The van der Waals surface area contributed by atoms with Crippen LogP contribution in [0, 0.1) is 6.92 Å². The fourth-order valence-corrected chi connectivity index (χ4v) is 3.44. The van der Waals surface area contributed by atoms with Crippen LogP contribution in [0.25, 0.3) is 11.0 Å². The maximum absolute atomic E-state index is 11.7. The molecule has 1 aromatic carbocycles. The van der Waals surface area contributed by atoms with Crippen molar-refractivity contribution in [2.75, 3.05) is 17.3 Å². The number of carboxylic acid groups (broad SMARTS) is 1. The lowest BCUT2D eigenvalue weighted by molar-refractivity contribution is -0.133. The highest BCUT2D eigenvalue weighted by Crippen LogP contribution is 2.24. The number of fused-ring (bicyclic) bond motifs is 1. The van der Waals surface area contributed by atoms with Gasteiger partial charge < -0.3 is 9.67 Å². The molecule has 2 rings (SSSR count). The van der Waals surface area contributed by atoms with Gasteiger partial charge in [0.15, 0.2) is 5.16 Å². The van der Waals surface area contributed by atoms with Gasteiger partial charge >= 0.3 is 5.97 Å². The largest absolute Gasteiger partial charge is 0.481 e. The van der Waals surface area contributed by atoms with Crippen LogP contribution in [0.2, 0.25) is 0 Å². The number of benzene rings is 1. The number of aliphatic carboxylic acids is 1. The first-order valence-corrected chi connectivity index (χ1v) is 9.15. The van der Waals surface area contributed by atoms with E-state index in [1.807, 2.05) is 36.6 Å². The second-order valence-electron chi connectivity index (χ2n) is 4.65. The predicted octanol–water partition coefficient (Wildman–Crippen LogP) is 2.29. The van der Waals surface area contributed by atoms with Crippen molar-refractivity contribution in [2.24, 2.45) is 0 Å². The predicted molar refractivity (Wildman–Crippen MR) is 86.4 cm³/mol. The highest BCUT2D eigenvalue weighted by Gasteiger charge is 2.13. The van der Waals surface area contributed by atoms with E-state index in [1.165, 1.54) is 11.8 Å². The van der Waals surface area contributed by atoms with Crippen LogP contribution in [0.3, 0.4) is 0 Å².